The smallest absolute Gasteiger partial charge is 0.318 e. The molecule has 1 fully saturated rings. The number of rotatable bonds is 5. The second-order valence-corrected chi connectivity index (χ2v) is 4.32. The van der Waals surface area contributed by atoms with Crippen LogP contribution in [-0.4, -0.2) is 25.2 Å². The van der Waals surface area contributed by atoms with E-state index in [-0.39, 0.29) is 18.4 Å². The van der Waals surface area contributed by atoms with E-state index in [1.807, 2.05) is 0 Å². The predicted molar refractivity (Wildman–Crippen MR) is 69.0 cm³/mol. The van der Waals surface area contributed by atoms with Crippen LogP contribution in [0.15, 0.2) is 11.8 Å². The molecule has 0 saturated heterocycles. The summed E-state index contributed by atoms with van der Waals surface area (Å²) >= 11 is 0. The standard InChI is InChI=1S/C13H22N2O3/c1-2-18-12(16)8-9-14-13(17)15-10-11-6-4-3-5-7-11/h10H,2-9H2,1H3,(H2,14,15,17). The summed E-state index contributed by atoms with van der Waals surface area (Å²) in [7, 11) is 0. The molecule has 1 aliphatic rings. The van der Waals surface area contributed by atoms with Crippen LogP contribution in [0.2, 0.25) is 0 Å². The van der Waals surface area contributed by atoms with Gasteiger partial charge in [-0.3, -0.25) is 4.79 Å². The number of amides is 2. The molecule has 1 rings (SSSR count). The van der Waals surface area contributed by atoms with Crippen molar-refractivity contribution in [2.75, 3.05) is 13.2 Å². The summed E-state index contributed by atoms with van der Waals surface area (Å²) in [6.45, 7) is 2.43. The molecule has 2 N–H and O–H groups in total. The minimum atomic E-state index is -0.288. The van der Waals surface area contributed by atoms with Crippen molar-refractivity contribution in [2.24, 2.45) is 0 Å². The van der Waals surface area contributed by atoms with Crippen molar-refractivity contribution < 1.29 is 14.3 Å². The number of hydrogen-bond donors (Lipinski definition) is 2. The maximum atomic E-state index is 11.4. The average Bonchev–Trinajstić information content (AvgIpc) is 2.38. The molecular weight excluding hydrogens is 232 g/mol. The van der Waals surface area contributed by atoms with Gasteiger partial charge in [0.2, 0.25) is 0 Å². The highest BCUT2D eigenvalue weighted by Gasteiger charge is 2.06. The first kappa shape index (κ1) is 14.5. The fourth-order valence-electron chi connectivity index (χ4n) is 1.88. The Morgan fingerprint density at radius 3 is 2.67 bits per heavy atom. The second-order valence-electron chi connectivity index (χ2n) is 4.32. The molecule has 2 amide bonds. The summed E-state index contributed by atoms with van der Waals surface area (Å²) in [6, 6.07) is -0.266. The van der Waals surface area contributed by atoms with E-state index in [4.69, 9.17) is 4.74 Å². The van der Waals surface area contributed by atoms with Crippen LogP contribution >= 0.6 is 0 Å². The Balaban J connectivity index is 2.11. The van der Waals surface area contributed by atoms with Crippen LogP contribution in [0.25, 0.3) is 0 Å². The quantitative estimate of drug-likeness (QED) is 0.738. The molecular formula is C13H22N2O3. The summed E-state index contributed by atoms with van der Waals surface area (Å²) in [6.07, 6.45) is 7.84. The molecule has 1 saturated carbocycles. The van der Waals surface area contributed by atoms with Crippen LogP contribution in [0.1, 0.15) is 45.4 Å². The van der Waals surface area contributed by atoms with Crippen molar-refractivity contribution in [3.8, 4) is 0 Å². The van der Waals surface area contributed by atoms with Gasteiger partial charge in [-0.05, 0) is 32.6 Å². The van der Waals surface area contributed by atoms with Gasteiger partial charge in [-0.15, -0.1) is 0 Å². The van der Waals surface area contributed by atoms with Gasteiger partial charge in [0, 0.05) is 12.7 Å². The lowest BCUT2D eigenvalue weighted by atomic mass is 9.96. The molecule has 0 aliphatic heterocycles. The van der Waals surface area contributed by atoms with Gasteiger partial charge in [-0.2, -0.15) is 0 Å². The molecule has 0 radical (unpaired) electrons. The van der Waals surface area contributed by atoms with E-state index in [0.29, 0.717) is 13.2 Å². The Morgan fingerprint density at radius 2 is 2.00 bits per heavy atom. The normalized spacial score (nSPS) is 14.8. The van der Waals surface area contributed by atoms with E-state index >= 15 is 0 Å². The minimum Gasteiger partial charge on any atom is -0.466 e. The van der Waals surface area contributed by atoms with E-state index in [9.17, 15) is 9.59 Å². The van der Waals surface area contributed by atoms with Crippen LogP contribution in [0.5, 0.6) is 0 Å². The maximum Gasteiger partial charge on any atom is 0.318 e. The summed E-state index contributed by atoms with van der Waals surface area (Å²) < 4.78 is 4.76. The zero-order valence-corrected chi connectivity index (χ0v) is 11.0. The van der Waals surface area contributed by atoms with Crippen LogP contribution in [-0.2, 0) is 9.53 Å². The summed E-state index contributed by atoms with van der Waals surface area (Å²) in [5.74, 6) is -0.288. The summed E-state index contributed by atoms with van der Waals surface area (Å²) in [4.78, 5) is 22.4. The number of allylic oxidation sites excluding steroid dienone is 1. The molecule has 5 nitrogen and oxygen atoms in total. The molecule has 0 spiro atoms. The number of esters is 1. The van der Waals surface area contributed by atoms with Crippen molar-refractivity contribution in [1.82, 2.24) is 10.6 Å². The highest BCUT2D eigenvalue weighted by Crippen LogP contribution is 2.21. The Labute approximate surface area is 108 Å². The molecule has 102 valence electrons. The first-order chi connectivity index (χ1) is 8.72. The van der Waals surface area contributed by atoms with Gasteiger partial charge in [-0.1, -0.05) is 12.0 Å². The number of carbonyl (C=O) groups is 2. The Morgan fingerprint density at radius 1 is 1.28 bits per heavy atom. The van der Waals surface area contributed by atoms with E-state index in [2.05, 4.69) is 10.6 Å². The highest BCUT2D eigenvalue weighted by atomic mass is 16.5. The van der Waals surface area contributed by atoms with E-state index in [1.165, 1.54) is 24.8 Å². The van der Waals surface area contributed by atoms with E-state index < -0.39 is 0 Å². The van der Waals surface area contributed by atoms with E-state index in [1.54, 1.807) is 13.1 Å². The molecule has 0 atom stereocenters. The molecule has 1 aliphatic carbocycles. The highest BCUT2D eigenvalue weighted by molar-refractivity contribution is 5.76. The first-order valence-electron chi connectivity index (χ1n) is 6.60. The van der Waals surface area contributed by atoms with E-state index in [0.717, 1.165) is 12.8 Å². The van der Waals surface area contributed by atoms with Crippen molar-refractivity contribution >= 4 is 12.0 Å². The minimum absolute atomic E-state index is 0.206. The monoisotopic (exact) mass is 254 g/mol. The lowest BCUT2D eigenvalue weighted by Gasteiger charge is -2.13. The third kappa shape index (κ3) is 6.27. The van der Waals surface area contributed by atoms with Gasteiger partial charge in [0.25, 0.3) is 0 Å². The molecule has 0 heterocycles. The molecule has 5 heteroatoms. The second kappa shape index (κ2) is 8.55. The van der Waals surface area contributed by atoms with Gasteiger partial charge in [0.15, 0.2) is 0 Å². The topological polar surface area (TPSA) is 67.4 Å². The predicted octanol–water partition coefficient (Wildman–Crippen LogP) is 2.09. The third-order valence-corrected chi connectivity index (χ3v) is 2.82. The Kier molecular flexibility index (Phi) is 6.91. The van der Waals surface area contributed by atoms with Crippen molar-refractivity contribution in [3.05, 3.63) is 11.8 Å². The maximum absolute atomic E-state index is 11.4. The van der Waals surface area contributed by atoms with Gasteiger partial charge in [-0.25, -0.2) is 4.79 Å². The largest absolute Gasteiger partial charge is 0.466 e. The van der Waals surface area contributed by atoms with Crippen LogP contribution in [0, 0.1) is 0 Å². The number of ether oxygens (including phenoxy) is 1. The molecule has 0 bridgehead atoms. The van der Waals surface area contributed by atoms with Gasteiger partial charge >= 0.3 is 12.0 Å². The van der Waals surface area contributed by atoms with Gasteiger partial charge in [0.05, 0.1) is 13.0 Å². The molecule has 0 aromatic carbocycles. The number of hydrogen-bond acceptors (Lipinski definition) is 3. The van der Waals surface area contributed by atoms with Crippen LogP contribution < -0.4 is 10.6 Å². The zero-order valence-electron chi connectivity index (χ0n) is 11.0. The van der Waals surface area contributed by atoms with Gasteiger partial charge in [0.1, 0.15) is 0 Å². The SMILES string of the molecule is CCOC(=O)CCNC(=O)NC=C1CCCCC1. The zero-order chi connectivity index (χ0) is 13.2. The molecule has 0 aromatic rings. The average molecular weight is 254 g/mol. The fraction of sp³-hybridized carbons (Fsp3) is 0.692. The first-order valence-corrected chi connectivity index (χ1v) is 6.60. The molecule has 0 unspecified atom stereocenters. The third-order valence-electron chi connectivity index (χ3n) is 2.82. The van der Waals surface area contributed by atoms with Crippen molar-refractivity contribution in [3.63, 3.8) is 0 Å². The Bertz CT molecular complexity index is 305. The van der Waals surface area contributed by atoms with Crippen molar-refractivity contribution in [1.29, 1.82) is 0 Å². The lowest BCUT2D eigenvalue weighted by Crippen LogP contribution is -2.34. The summed E-state index contributed by atoms with van der Waals surface area (Å²) in [5, 5.41) is 5.31. The fourth-order valence-corrected chi connectivity index (χ4v) is 1.88. The molecule has 0 aromatic heterocycles. The Hall–Kier alpha value is -1.52. The number of carbonyl (C=O) groups excluding carboxylic acids is 2. The van der Waals surface area contributed by atoms with Crippen LogP contribution in [0.3, 0.4) is 0 Å². The summed E-state index contributed by atoms with van der Waals surface area (Å²) in [5.41, 5.74) is 1.29. The van der Waals surface area contributed by atoms with Crippen LogP contribution in [0.4, 0.5) is 4.79 Å². The lowest BCUT2D eigenvalue weighted by molar-refractivity contribution is -0.142. The number of nitrogens with one attached hydrogen (secondary N) is 2. The van der Waals surface area contributed by atoms with Gasteiger partial charge < -0.3 is 15.4 Å². The molecule has 18 heavy (non-hydrogen) atoms. The number of urea groups is 1. The van der Waals surface area contributed by atoms with Crippen molar-refractivity contribution in [2.45, 2.75) is 45.4 Å².